The zero-order valence-electron chi connectivity index (χ0n) is 9.42. The molecule has 0 saturated carbocycles. The summed E-state index contributed by atoms with van der Waals surface area (Å²) in [6.07, 6.45) is 0.436. The maximum Gasteiger partial charge on any atom is 0.336 e. The largest absolute Gasteiger partial charge is 0.392 e. The molecule has 2 rings (SSSR count). The molecule has 0 bridgehead atoms. The van der Waals surface area contributed by atoms with E-state index in [0.717, 1.165) is 16.7 Å². The summed E-state index contributed by atoms with van der Waals surface area (Å²) in [5, 5.41) is 2.20. The van der Waals surface area contributed by atoms with Crippen molar-refractivity contribution in [3.05, 3.63) is 30.3 Å². The Morgan fingerprint density at radius 1 is 1.28 bits per heavy atom. The molecule has 0 radical (unpaired) electrons. The van der Waals surface area contributed by atoms with Crippen LogP contribution in [0.25, 0.3) is 0 Å². The maximum absolute atomic E-state index is 11.7. The molecule has 1 atom stereocenters. The van der Waals surface area contributed by atoms with Crippen molar-refractivity contribution < 1.29 is 19.1 Å². The van der Waals surface area contributed by atoms with E-state index in [-0.39, 0.29) is 11.7 Å². The lowest BCUT2D eigenvalue weighted by molar-refractivity contribution is -0.164. The number of hydrogen-bond acceptors (Lipinski definition) is 5. The molecule has 0 unspecified atom stereocenters. The highest BCUT2D eigenvalue weighted by Crippen LogP contribution is 2.19. The Kier molecular flexibility index (Phi) is 3.99. The second-order valence-electron chi connectivity index (χ2n) is 3.73. The first-order valence-electron chi connectivity index (χ1n) is 5.43. The number of nitrogens with one attached hydrogen (secondary N) is 1. The highest BCUT2D eigenvalue weighted by atomic mass is 32.2. The Hall–Kier alpha value is -1.82. The molecule has 0 aromatic heterocycles. The van der Waals surface area contributed by atoms with E-state index in [4.69, 9.17) is 0 Å². The van der Waals surface area contributed by atoms with Gasteiger partial charge in [-0.3, -0.25) is 9.59 Å². The lowest BCUT2D eigenvalue weighted by Crippen LogP contribution is -2.44. The van der Waals surface area contributed by atoms with Gasteiger partial charge >= 0.3 is 11.9 Å². The molecular weight excluding hydrogens is 254 g/mol. The molecule has 1 aromatic rings. The highest BCUT2D eigenvalue weighted by Gasteiger charge is 2.30. The fourth-order valence-corrected chi connectivity index (χ4v) is 2.22. The van der Waals surface area contributed by atoms with Crippen LogP contribution in [-0.2, 0) is 14.3 Å². The average molecular weight is 265 g/mol. The van der Waals surface area contributed by atoms with Crippen molar-refractivity contribution in [1.29, 1.82) is 0 Å². The number of carbonyl (C=O) groups excluding carboxylic acids is 3. The van der Waals surface area contributed by atoms with Crippen molar-refractivity contribution in [2.24, 2.45) is 0 Å². The van der Waals surface area contributed by atoms with Gasteiger partial charge in [0, 0.05) is 11.3 Å². The van der Waals surface area contributed by atoms with Crippen LogP contribution in [-0.4, -0.2) is 23.2 Å². The Bertz CT molecular complexity index is 474. The Morgan fingerprint density at radius 2 is 2.00 bits per heavy atom. The van der Waals surface area contributed by atoms with E-state index in [1.165, 1.54) is 0 Å². The lowest BCUT2D eigenvalue weighted by Gasteiger charge is -2.20. The van der Waals surface area contributed by atoms with Gasteiger partial charge in [-0.1, -0.05) is 18.2 Å². The van der Waals surface area contributed by atoms with Crippen molar-refractivity contribution >= 4 is 28.9 Å². The van der Waals surface area contributed by atoms with Gasteiger partial charge in [-0.05, 0) is 30.3 Å². The SMILES string of the molecule is O=C1CC[C@H](NC(=O)Sc2ccccc2)C(=O)O1. The van der Waals surface area contributed by atoms with E-state index in [0.29, 0.717) is 6.42 Å². The zero-order chi connectivity index (χ0) is 13.0. The van der Waals surface area contributed by atoms with Crippen LogP contribution in [0.4, 0.5) is 4.79 Å². The fourth-order valence-electron chi connectivity index (χ4n) is 1.51. The van der Waals surface area contributed by atoms with Crippen molar-refractivity contribution in [2.45, 2.75) is 23.8 Å². The number of amides is 1. The van der Waals surface area contributed by atoms with Crippen LogP contribution in [0.1, 0.15) is 12.8 Å². The number of rotatable bonds is 2. The molecule has 0 spiro atoms. The number of cyclic esters (lactones) is 2. The number of hydrogen-bond donors (Lipinski definition) is 1. The number of ether oxygens (including phenoxy) is 1. The number of thioether (sulfide) groups is 1. The first-order valence-corrected chi connectivity index (χ1v) is 6.25. The molecule has 1 N–H and O–H groups in total. The fraction of sp³-hybridized carbons (Fsp3) is 0.250. The van der Waals surface area contributed by atoms with Crippen molar-refractivity contribution in [3.63, 3.8) is 0 Å². The van der Waals surface area contributed by atoms with Gasteiger partial charge in [-0.2, -0.15) is 0 Å². The third-order valence-corrected chi connectivity index (χ3v) is 3.19. The van der Waals surface area contributed by atoms with Crippen LogP contribution in [0.5, 0.6) is 0 Å². The van der Waals surface area contributed by atoms with Crippen LogP contribution in [0.3, 0.4) is 0 Å². The van der Waals surface area contributed by atoms with Crippen LogP contribution in [0.2, 0.25) is 0 Å². The number of benzene rings is 1. The summed E-state index contributed by atoms with van der Waals surface area (Å²) in [4.78, 5) is 34.6. The van der Waals surface area contributed by atoms with Gasteiger partial charge in [-0.15, -0.1) is 0 Å². The third-order valence-electron chi connectivity index (χ3n) is 2.38. The highest BCUT2D eigenvalue weighted by molar-refractivity contribution is 8.13. The predicted octanol–water partition coefficient (Wildman–Crippen LogP) is 1.72. The molecule has 1 aliphatic heterocycles. The summed E-state index contributed by atoms with van der Waals surface area (Å²) in [6.45, 7) is 0. The average Bonchev–Trinajstić information content (AvgIpc) is 2.34. The molecule has 94 valence electrons. The molecule has 5 nitrogen and oxygen atoms in total. The monoisotopic (exact) mass is 265 g/mol. The van der Waals surface area contributed by atoms with Crippen molar-refractivity contribution in [3.8, 4) is 0 Å². The molecule has 18 heavy (non-hydrogen) atoms. The van der Waals surface area contributed by atoms with Gasteiger partial charge in [0.25, 0.3) is 5.24 Å². The van der Waals surface area contributed by atoms with Crippen LogP contribution in [0, 0.1) is 0 Å². The van der Waals surface area contributed by atoms with E-state index in [1.54, 1.807) is 12.1 Å². The Labute approximate surface area is 108 Å². The third kappa shape index (κ3) is 3.33. The minimum Gasteiger partial charge on any atom is -0.392 e. The van der Waals surface area contributed by atoms with Crippen LogP contribution in [0.15, 0.2) is 35.2 Å². The van der Waals surface area contributed by atoms with E-state index < -0.39 is 18.0 Å². The first kappa shape index (κ1) is 12.6. The summed E-state index contributed by atoms with van der Waals surface area (Å²) in [7, 11) is 0. The zero-order valence-corrected chi connectivity index (χ0v) is 10.2. The van der Waals surface area contributed by atoms with E-state index in [2.05, 4.69) is 10.1 Å². The minimum absolute atomic E-state index is 0.146. The summed E-state index contributed by atoms with van der Waals surface area (Å²) in [5.74, 6) is -1.23. The molecule has 0 aliphatic carbocycles. The van der Waals surface area contributed by atoms with Gasteiger partial charge in [0.1, 0.15) is 6.04 Å². The van der Waals surface area contributed by atoms with Crippen molar-refractivity contribution in [1.82, 2.24) is 5.32 Å². The number of esters is 2. The summed E-state index contributed by atoms with van der Waals surface area (Å²) in [5.41, 5.74) is 0. The molecule has 1 amide bonds. The summed E-state index contributed by atoms with van der Waals surface area (Å²) < 4.78 is 4.45. The molecule has 1 saturated heterocycles. The van der Waals surface area contributed by atoms with Gasteiger partial charge < -0.3 is 10.1 Å². The van der Waals surface area contributed by atoms with Gasteiger partial charge in [-0.25, -0.2) is 4.79 Å². The first-order chi connectivity index (χ1) is 8.65. The van der Waals surface area contributed by atoms with Gasteiger partial charge in [0.2, 0.25) is 0 Å². The second-order valence-corrected chi connectivity index (χ2v) is 4.78. The Morgan fingerprint density at radius 3 is 2.67 bits per heavy atom. The maximum atomic E-state index is 11.7. The molecule has 1 aromatic carbocycles. The van der Waals surface area contributed by atoms with E-state index in [1.807, 2.05) is 18.2 Å². The molecular formula is C12H11NO4S. The topological polar surface area (TPSA) is 72.5 Å². The predicted molar refractivity (Wildman–Crippen MR) is 65.0 cm³/mol. The lowest BCUT2D eigenvalue weighted by atomic mass is 10.1. The summed E-state index contributed by atoms with van der Waals surface area (Å²) >= 11 is 0.997. The minimum atomic E-state index is -0.730. The molecule has 1 aliphatic rings. The van der Waals surface area contributed by atoms with Crippen molar-refractivity contribution in [2.75, 3.05) is 0 Å². The van der Waals surface area contributed by atoms with Crippen LogP contribution >= 0.6 is 11.8 Å². The van der Waals surface area contributed by atoms with Crippen LogP contribution < -0.4 is 5.32 Å². The second kappa shape index (κ2) is 5.68. The number of carbonyl (C=O) groups is 3. The smallest absolute Gasteiger partial charge is 0.336 e. The van der Waals surface area contributed by atoms with Gasteiger partial charge in [0.15, 0.2) is 0 Å². The van der Waals surface area contributed by atoms with E-state index in [9.17, 15) is 14.4 Å². The normalized spacial score (nSPS) is 19.2. The molecule has 6 heteroatoms. The standard InChI is InChI=1S/C12H11NO4S/c14-10-7-6-9(11(15)17-10)13-12(16)18-8-4-2-1-3-5-8/h1-5,9H,6-7H2,(H,13,16)/t9-/m0/s1. The molecule has 1 fully saturated rings. The quantitative estimate of drug-likeness (QED) is 0.501. The Balaban J connectivity index is 1.88. The molecule has 1 heterocycles. The van der Waals surface area contributed by atoms with E-state index >= 15 is 0 Å². The van der Waals surface area contributed by atoms with Gasteiger partial charge in [0.05, 0.1) is 0 Å². The summed E-state index contributed by atoms with van der Waals surface area (Å²) in [6, 6.07) is 8.37.